The molecule has 0 aromatic carbocycles. The van der Waals surface area contributed by atoms with E-state index in [1.54, 1.807) is 7.05 Å². The Morgan fingerprint density at radius 3 is 2.67 bits per heavy atom. The predicted molar refractivity (Wildman–Crippen MR) is 42.3 cm³/mol. The second-order valence-corrected chi connectivity index (χ2v) is 2.83. The molecule has 0 saturated heterocycles. The molecule has 9 heavy (non-hydrogen) atoms. The van der Waals surface area contributed by atoms with Crippen LogP contribution in [0.15, 0.2) is 0 Å². The van der Waals surface area contributed by atoms with E-state index in [-0.39, 0.29) is 0 Å². The average Bonchev–Trinajstić information content (AvgIpc) is 1.82. The van der Waals surface area contributed by atoms with Crippen molar-refractivity contribution in [3.8, 4) is 0 Å². The smallest absolute Gasteiger partial charge is 0.316 e. The Kier molecular flexibility index (Phi) is 5.19. The molecule has 0 bridgehead atoms. The minimum Gasteiger partial charge on any atom is -0.332 e. The van der Waals surface area contributed by atoms with Crippen LogP contribution in [-0.2, 0) is 0 Å². The van der Waals surface area contributed by atoms with Crippen LogP contribution in [-0.4, -0.2) is 29.2 Å². The molecule has 1 amide bonds. The predicted octanol–water partition coefficient (Wildman–Crippen LogP) is 2.06. The highest BCUT2D eigenvalue weighted by molar-refractivity contribution is 9.09. The lowest BCUT2D eigenvalue weighted by atomic mass is 10.5. The molecular formula is C5H9BrClNO. The first-order valence-electron chi connectivity index (χ1n) is 2.65. The Morgan fingerprint density at radius 1 is 1.78 bits per heavy atom. The van der Waals surface area contributed by atoms with Gasteiger partial charge in [-0.2, -0.15) is 0 Å². The minimum absolute atomic E-state index is 0.393. The van der Waals surface area contributed by atoms with E-state index in [9.17, 15) is 4.79 Å². The SMILES string of the molecule is CN(CCCBr)C(=O)Cl. The van der Waals surface area contributed by atoms with Crippen LogP contribution in [0.3, 0.4) is 0 Å². The largest absolute Gasteiger partial charge is 0.332 e. The third-order valence-electron chi connectivity index (χ3n) is 0.927. The highest BCUT2D eigenvalue weighted by Gasteiger charge is 2.01. The van der Waals surface area contributed by atoms with Crippen molar-refractivity contribution in [1.29, 1.82) is 0 Å². The Morgan fingerprint density at radius 2 is 2.33 bits per heavy atom. The Hall–Kier alpha value is 0.240. The fourth-order valence-electron chi connectivity index (χ4n) is 0.385. The molecule has 0 aliphatic carbocycles. The Labute approximate surface area is 68.3 Å². The molecule has 0 radical (unpaired) electrons. The summed E-state index contributed by atoms with van der Waals surface area (Å²) in [5.74, 6) is 0. The lowest BCUT2D eigenvalue weighted by Gasteiger charge is -2.10. The lowest BCUT2D eigenvalue weighted by molar-refractivity contribution is 0.232. The highest BCUT2D eigenvalue weighted by atomic mass is 79.9. The number of carbonyl (C=O) groups is 1. The van der Waals surface area contributed by atoms with Crippen molar-refractivity contribution in [2.75, 3.05) is 18.9 Å². The molecular weight excluding hydrogens is 205 g/mol. The van der Waals surface area contributed by atoms with Gasteiger partial charge in [-0.3, -0.25) is 4.79 Å². The first-order chi connectivity index (χ1) is 4.18. The number of nitrogens with zero attached hydrogens (tertiary/aromatic N) is 1. The second-order valence-electron chi connectivity index (χ2n) is 1.72. The fourth-order valence-corrected chi connectivity index (χ4v) is 0.720. The summed E-state index contributed by atoms with van der Waals surface area (Å²) in [4.78, 5) is 11.8. The fraction of sp³-hybridized carbons (Fsp3) is 0.800. The molecule has 0 atom stereocenters. The molecule has 0 N–H and O–H groups in total. The number of alkyl halides is 1. The maximum absolute atomic E-state index is 10.3. The van der Waals surface area contributed by atoms with Gasteiger partial charge in [0.2, 0.25) is 0 Å². The minimum atomic E-state index is -0.393. The Balaban J connectivity index is 3.27. The number of halogens is 2. The van der Waals surface area contributed by atoms with Crippen LogP contribution >= 0.6 is 27.5 Å². The topological polar surface area (TPSA) is 20.3 Å². The van der Waals surface area contributed by atoms with E-state index in [1.165, 1.54) is 4.90 Å². The van der Waals surface area contributed by atoms with Gasteiger partial charge in [0, 0.05) is 18.9 Å². The van der Waals surface area contributed by atoms with E-state index in [4.69, 9.17) is 11.6 Å². The lowest BCUT2D eigenvalue weighted by Crippen LogP contribution is -2.22. The maximum Gasteiger partial charge on any atom is 0.316 e. The molecule has 0 heterocycles. The zero-order valence-electron chi connectivity index (χ0n) is 5.23. The molecule has 0 unspecified atom stereocenters. The van der Waals surface area contributed by atoms with Gasteiger partial charge in [-0.25, -0.2) is 0 Å². The van der Waals surface area contributed by atoms with Crippen molar-refractivity contribution in [3.05, 3.63) is 0 Å². The van der Waals surface area contributed by atoms with Gasteiger partial charge >= 0.3 is 5.37 Å². The molecule has 2 nitrogen and oxygen atoms in total. The van der Waals surface area contributed by atoms with Crippen molar-refractivity contribution in [2.45, 2.75) is 6.42 Å². The molecule has 0 aromatic rings. The van der Waals surface area contributed by atoms with Crippen molar-refractivity contribution in [2.24, 2.45) is 0 Å². The van der Waals surface area contributed by atoms with Gasteiger partial charge in [0.05, 0.1) is 0 Å². The van der Waals surface area contributed by atoms with E-state index in [1.807, 2.05) is 0 Å². The highest BCUT2D eigenvalue weighted by Crippen LogP contribution is 1.95. The summed E-state index contributed by atoms with van der Waals surface area (Å²) >= 11 is 8.38. The Bertz CT molecular complexity index is 99.0. The van der Waals surface area contributed by atoms with Crippen molar-refractivity contribution in [3.63, 3.8) is 0 Å². The summed E-state index contributed by atoms with van der Waals surface area (Å²) in [6.45, 7) is 0.716. The van der Waals surface area contributed by atoms with E-state index < -0.39 is 5.37 Å². The monoisotopic (exact) mass is 213 g/mol. The molecule has 0 aromatic heterocycles. The van der Waals surface area contributed by atoms with Crippen molar-refractivity contribution in [1.82, 2.24) is 4.90 Å². The molecule has 0 spiro atoms. The second kappa shape index (κ2) is 5.06. The maximum atomic E-state index is 10.3. The van der Waals surface area contributed by atoms with Gasteiger partial charge in [-0.1, -0.05) is 15.9 Å². The summed E-state index contributed by atoms with van der Waals surface area (Å²) in [5, 5.41) is 0.512. The number of rotatable bonds is 3. The van der Waals surface area contributed by atoms with Crippen LogP contribution in [0.2, 0.25) is 0 Å². The molecule has 0 aliphatic heterocycles. The third kappa shape index (κ3) is 4.73. The van der Waals surface area contributed by atoms with Crippen LogP contribution in [0.1, 0.15) is 6.42 Å². The summed E-state index contributed by atoms with van der Waals surface area (Å²) in [7, 11) is 1.68. The van der Waals surface area contributed by atoms with Gasteiger partial charge < -0.3 is 4.90 Å². The standard InChI is InChI=1S/C5H9BrClNO/c1-8(5(7)9)4-2-3-6/h2-4H2,1H3. The molecule has 0 aliphatic rings. The zero-order valence-corrected chi connectivity index (χ0v) is 7.57. The molecule has 54 valence electrons. The number of hydrogen-bond donors (Lipinski definition) is 0. The van der Waals surface area contributed by atoms with Gasteiger partial charge in [0.15, 0.2) is 0 Å². The third-order valence-corrected chi connectivity index (χ3v) is 1.78. The molecule has 0 rings (SSSR count). The van der Waals surface area contributed by atoms with Crippen LogP contribution in [0, 0.1) is 0 Å². The summed E-state index contributed by atoms with van der Waals surface area (Å²) in [6.07, 6.45) is 0.939. The number of amides is 1. The van der Waals surface area contributed by atoms with Gasteiger partial charge in [0.25, 0.3) is 0 Å². The van der Waals surface area contributed by atoms with Crippen LogP contribution in [0.5, 0.6) is 0 Å². The van der Waals surface area contributed by atoms with Crippen LogP contribution in [0.25, 0.3) is 0 Å². The van der Waals surface area contributed by atoms with E-state index >= 15 is 0 Å². The van der Waals surface area contributed by atoms with Gasteiger partial charge in [-0.15, -0.1) is 0 Å². The molecule has 0 saturated carbocycles. The van der Waals surface area contributed by atoms with E-state index in [0.29, 0.717) is 6.54 Å². The number of carbonyl (C=O) groups excluding carboxylic acids is 1. The molecule has 0 fully saturated rings. The zero-order chi connectivity index (χ0) is 7.28. The summed E-state index contributed by atoms with van der Waals surface area (Å²) in [5.41, 5.74) is 0. The quantitative estimate of drug-likeness (QED) is 0.400. The van der Waals surface area contributed by atoms with E-state index in [2.05, 4.69) is 15.9 Å². The van der Waals surface area contributed by atoms with Crippen LogP contribution < -0.4 is 0 Å². The summed E-state index contributed by atoms with van der Waals surface area (Å²) in [6, 6.07) is 0. The first-order valence-corrected chi connectivity index (χ1v) is 4.15. The summed E-state index contributed by atoms with van der Waals surface area (Å²) < 4.78 is 0. The van der Waals surface area contributed by atoms with Crippen molar-refractivity contribution < 1.29 is 4.79 Å². The normalized spacial score (nSPS) is 9.22. The van der Waals surface area contributed by atoms with Crippen LogP contribution in [0.4, 0.5) is 4.79 Å². The molecule has 4 heteroatoms. The van der Waals surface area contributed by atoms with Gasteiger partial charge in [0.1, 0.15) is 0 Å². The number of hydrogen-bond acceptors (Lipinski definition) is 1. The first kappa shape index (κ1) is 9.24. The average molecular weight is 214 g/mol. The van der Waals surface area contributed by atoms with Crippen molar-refractivity contribution >= 4 is 32.9 Å². The van der Waals surface area contributed by atoms with E-state index in [0.717, 1.165) is 11.8 Å². The van der Waals surface area contributed by atoms with Gasteiger partial charge in [-0.05, 0) is 18.0 Å².